The summed E-state index contributed by atoms with van der Waals surface area (Å²) in [7, 11) is 0. The van der Waals surface area contributed by atoms with Gasteiger partial charge in [0, 0.05) is 5.56 Å². The molecule has 0 amide bonds. The molecule has 0 aliphatic carbocycles. The zero-order chi connectivity index (χ0) is 13.4. The van der Waals surface area contributed by atoms with Crippen LogP contribution in [0.1, 0.15) is 25.5 Å². The van der Waals surface area contributed by atoms with Gasteiger partial charge >= 0.3 is 6.18 Å². The predicted molar refractivity (Wildman–Crippen MR) is 59.0 cm³/mol. The van der Waals surface area contributed by atoms with Gasteiger partial charge in [-0.15, -0.1) is 0 Å². The third-order valence-corrected chi connectivity index (χ3v) is 2.74. The van der Waals surface area contributed by atoms with E-state index in [1.54, 1.807) is 26.0 Å². The monoisotopic (exact) mass is 261 g/mol. The van der Waals surface area contributed by atoms with Gasteiger partial charge in [-0.1, -0.05) is 18.2 Å². The predicted octanol–water partition coefficient (Wildman–Crippen LogP) is 2.98. The maximum Gasteiger partial charge on any atom is 0.413 e. The van der Waals surface area contributed by atoms with Gasteiger partial charge in [0.2, 0.25) is 0 Å². The number of ether oxygens (including phenoxy) is 1. The van der Waals surface area contributed by atoms with Crippen molar-refractivity contribution in [3.05, 3.63) is 29.8 Å². The molecule has 1 aromatic carbocycles. The maximum atomic E-state index is 12.0. The van der Waals surface area contributed by atoms with Crippen molar-refractivity contribution in [3.63, 3.8) is 0 Å². The van der Waals surface area contributed by atoms with Crippen LogP contribution in [-0.4, -0.2) is 18.4 Å². The first kappa shape index (κ1) is 13.2. The molecule has 0 aromatic heterocycles. The molecule has 0 spiro atoms. The summed E-state index contributed by atoms with van der Waals surface area (Å²) in [5.74, 6) is 0.663. The van der Waals surface area contributed by atoms with Crippen LogP contribution in [0.2, 0.25) is 0 Å². The van der Waals surface area contributed by atoms with Crippen molar-refractivity contribution in [2.24, 2.45) is 0 Å². The van der Waals surface area contributed by atoms with Gasteiger partial charge in [-0.05, 0) is 19.9 Å². The maximum absolute atomic E-state index is 12.0. The smallest absolute Gasteiger partial charge is 0.413 e. The summed E-state index contributed by atoms with van der Waals surface area (Å²) in [6, 6.07) is 6.77. The first-order valence-corrected chi connectivity index (χ1v) is 5.51. The molecule has 1 aromatic rings. The van der Waals surface area contributed by atoms with Crippen LogP contribution in [0.5, 0.6) is 5.75 Å². The highest BCUT2D eigenvalue weighted by atomic mass is 19.4. The summed E-state index contributed by atoms with van der Waals surface area (Å²) >= 11 is 0. The molecule has 1 heterocycles. The van der Waals surface area contributed by atoms with E-state index in [1.165, 1.54) is 0 Å². The van der Waals surface area contributed by atoms with Crippen LogP contribution in [0.15, 0.2) is 24.3 Å². The van der Waals surface area contributed by atoms with E-state index in [9.17, 15) is 13.2 Å². The van der Waals surface area contributed by atoms with Gasteiger partial charge in [0.1, 0.15) is 11.4 Å². The molecule has 1 atom stereocenters. The average Bonchev–Trinajstić information content (AvgIpc) is 2.48. The van der Waals surface area contributed by atoms with E-state index in [0.29, 0.717) is 5.75 Å². The SMILES string of the molecule is CC1(C)Oc2ccccc2C1NOCC(F)(F)F. The molecule has 2 rings (SSSR count). The Balaban J connectivity index is 2.07. The van der Waals surface area contributed by atoms with Crippen LogP contribution in [0.4, 0.5) is 13.2 Å². The molecule has 1 N–H and O–H groups in total. The van der Waals surface area contributed by atoms with Crippen molar-refractivity contribution in [2.45, 2.75) is 31.7 Å². The normalized spacial score (nSPS) is 21.5. The second kappa shape index (κ2) is 4.44. The van der Waals surface area contributed by atoms with Crippen LogP contribution in [0.3, 0.4) is 0 Å². The van der Waals surface area contributed by atoms with Crippen molar-refractivity contribution in [1.82, 2.24) is 5.48 Å². The minimum atomic E-state index is -4.35. The first-order valence-electron chi connectivity index (χ1n) is 5.51. The van der Waals surface area contributed by atoms with Gasteiger partial charge in [0.15, 0.2) is 6.61 Å². The van der Waals surface area contributed by atoms with E-state index < -0.39 is 24.4 Å². The molecule has 0 saturated carbocycles. The van der Waals surface area contributed by atoms with Crippen LogP contribution in [0.25, 0.3) is 0 Å². The van der Waals surface area contributed by atoms with E-state index in [0.717, 1.165) is 5.56 Å². The van der Waals surface area contributed by atoms with E-state index >= 15 is 0 Å². The van der Waals surface area contributed by atoms with Gasteiger partial charge in [0.05, 0.1) is 6.04 Å². The fourth-order valence-electron chi connectivity index (χ4n) is 1.94. The number of hydrogen-bond acceptors (Lipinski definition) is 3. The topological polar surface area (TPSA) is 30.5 Å². The lowest BCUT2D eigenvalue weighted by atomic mass is 9.95. The summed E-state index contributed by atoms with van der Waals surface area (Å²) in [6.07, 6.45) is -4.35. The van der Waals surface area contributed by atoms with Crippen molar-refractivity contribution in [1.29, 1.82) is 0 Å². The molecule has 0 saturated heterocycles. The van der Waals surface area contributed by atoms with Gasteiger partial charge in [0.25, 0.3) is 0 Å². The molecule has 6 heteroatoms. The number of fused-ring (bicyclic) bond motifs is 1. The number of hydroxylamine groups is 1. The zero-order valence-corrected chi connectivity index (χ0v) is 10.0. The largest absolute Gasteiger partial charge is 0.485 e. The second-order valence-electron chi connectivity index (χ2n) is 4.70. The summed E-state index contributed by atoms with van der Waals surface area (Å²) in [4.78, 5) is 4.52. The summed E-state index contributed by atoms with van der Waals surface area (Å²) < 4.78 is 41.7. The molecule has 100 valence electrons. The van der Waals surface area contributed by atoms with E-state index in [-0.39, 0.29) is 0 Å². The Morgan fingerprint density at radius 1 is 1.33 bits per heavy atom. The minimum Gasteiger partial charge on any atom is -0.485 e. The number of rotatable bonds is 3. The lowest BCUT2D eigenvalue weighted by molar-refractivity contribution is -0.197. The highest BCUT2D eigenvalue weighted by Gasteiger charge is 2.41. The molecule has 0 fully saturated rings. The van der Waals surface area contributed by atoms with Crippen molar-refractivity contribution < 1.29 is 22.7 Å². The lowest BCUT2D eigenvalue weighted by Crippen LogP contribution is -2.40. The summed E-state index contributed by atoms with van der Waals surface area (Å²) in [5.41, 5.74) is 2.58. The number of halogens is 3. The Hall–Kier alpha value is -1.27. The third-order valence-electron chi connectivity index (χ3n) is 2.74. The van der Waals surface area contributed by atoms with Gasteiger partial charge < -0.3 is 4.74 Å². The number of nitrogens with one attached hydrogen (secondary N) is 1. The minimum absolute atomic E-state index is 0.434. The average molecular weight is 261 g/mol. The number of hydrogen-bond donors (Lipinski definition) is 1. The van der Waals surface area contributed by atoms with E-state index in [1.807, 2.05) is 12.1 Å². The molecule has 1 aliphatic heterocycles. The molecule has 0 bridgehead atoms. The van der Waals surface area contributed by atoms with Crippen molar-refractivity contribution in [2.75, 3.05) is 6.61 Å². The van der Waals surface area contributed by atoms with Crippen LogP contribution in [-0.2, 0) is 4.84 Å². The highest BCUT2D eigenvalue weighted by Crippen LogP contribution is 2.42. The lowest BCUT2D eigenvalue weighted by Gasteiger charge is -2.26. The van der Waals surface area contributed by atoms with Crippen LogP contribution >= 0.6 is 0 Å². The molecule has 3 nitrogen and oxygen atoms in total. The van der Waals surface area contributed by atoms with Gasteiger partial charge in [-0.3, -0.25) is 4.84 Å². The second-order valence-corrected chi connectivity index (χ2v) is 4.70. The standard InChI is InChI=1S/C12H14F3NO2/c1-11(2)10(16-17-7-12(13,14)15)8-5-3-4-6-9(8)18-11/h3-6,10,16H,7H2,1-2H3. The number of para-hydroxylation sites is 1. The van der Waals surface area contributed by atoms with Gasteiger partial charge in [-0.25, -0.2) is 0 Å². The van der Waals surface area contributed by atoms with Crippen LogP contribution < -0.4 is 10.2 Å². The Labute approximate surface area is 103 Å². The van der Waals surface area contributed by atoms with Crippen LogP contribution in [0, 0.1) is 0 Å². The van der Waals surface area contributed by atoms with E-state index in [2.05, 4.69) is 10.3 Å². The quantitative estimate of drug-likeness (QED) is 0.848. The summed E-state index contributed by atoms with van der Waals surface area (Å²) in [6.45, 7) is 2.25. The molecule has 18 heavy (non-hydrogen) atoms. The fraction of sp³-hybridized carbons (Fsp3) is 0.500. The molecular weight excluding hydrogens is 247 g/mol. The molecule has 0 radical (unpaired) electrons. The summed E-state index contributed by atoms with van der Waals surface area (Å²) in [5, 5.41) is 0. The molecule has 1 unspecified atom stereocenters. The number of benzene rings is 1. The van der Waals surface area contributed by atoms with Crippen molar-refractivity contribution in [3.8, 4) is 5.75 Å². The molecular formula is C12H14F3NO2. The Bertz CT molecular complexity index is 432. The van der Waals surface area contributed by atoms with Gasteiger partial charge in [-0.2, -0.15) is 18.7 Å². The molecule has 1 aliphatic rings. The Kier molecular flexibility index (Phi) is 3.25. The van der Waals surface area contributed by atoms with E-state index in [4.69, 9.17) is 4.74 Å². The highest BCUT2D eigenvalue weighted by molar-refractivity contribution is 5.41. The fourth-order valence-corrected chi connectivity index (χ4v) is 1.94. The first-order chi connectivity index (χ1) is 8.30. The van der Waals surface area contributed by atoms with Crippen molar-refractivity contribution >= 4 is 0 Å². The number of alkyl halides is 3. The Morgan fingerprint density at radius 3 is 2.67 bits per heavy atom. The Morgan fingerprint density at radius 2 is 2.00 bits per heavy atom. The zero-order valence-electron chi connectivity index (χ0n) is 10.0. The third kappa shape index (κ3) is 2.76.